The van der Waals surface area contributed by atoms with Crippen LogP contribution in [0.3, 0.4) is 0 Å². The zero-order chi connectivity index (χ0) is 16.9. The third-order valence-corrected chi connectivity index (χ3v) is 1.95. The average Bonchev–Trinajstić information content (AvgIpc) is 2.24. The third-order valence-electron chi connectivity index (χ3n) is 1.95. The van der Waals surface area contributed by atoms with E-state index in [1.165, 1.54) is 5.32 Å². The Bertz CT molecular complexity index is 377. The first-order valence-electron chi connectivity index (χ1n) is 5.97. The number of amides is 2. The maximum Gasteiger partial charge on any atom is 0.463 e. The lowest BCUT2D eigenvalue weighted by atomic mass is 10.2. The number of carbonyl (C=O) groups is 2. The Balaban J connectivity index is 3.97. The van der Waals surface area contributed by atoms with E-state index in [1.54, 1.807) is 20.8 Å². The summed E-state index contributed by atoms with van der Waals surface area (Å²) < 4.78 is 65.4. The first-order chi connectivity index (χ1) is 9.27. The molecule has 0 saturated heterocycles. The number of alkyl halides is 5. The molecule has 0 unspecified atom stereocenters. The molecule has 0 spiro atoms. The van der Waals surface area contributed by atoms with Gasteiger partial charge in [0, 0.05) is 13.1 Å². The molecule has 10 heteroatoms. The summed E-state index contributed by atoms with van der Waals surface area (Å²) in [5.41, 5.74) is -0.715. The molecule has 124 valence electrons. The van der Waals surface area contributed by atoms with E-state index in [0.29, 0.717) is 0 Å². The fraction of sp³-hybridized carbons (Fsp3) is 0.818. The van der Waals surface area contributed by atoms with E-state index in [2.05, 4.69) is 5.32 Å². The van der Waals surface area contributed by atoms with E-state index in [-0.39, 0.29) is 13.0 Å². The fourth-order valence-electron chi connectivity index (χ4n) is 1.03. The smallest absolute Gasteiger partial charge is 0.444 e. The minimum Gasteiger partial charge on any atom is -0.444 e. The van der Waals surface area contributed by atoms with Gasteiger partial charge in [-0.25, -0.2) is 4.79 Å². The Morgan fingerprint density at radius 2 is 1.43 bits per heavy atom. The van der Waals surface area contributed by atoms with Crippen molar-refractivity contribution in [3.8, 4) is 0 Å². The lowest BCUT2D eigenvalue weighted by Crippen LogP contribution is -2.50. The van der Waals surface area contributed by atoms with Gasteiger partial charge in [0.1, 0.15) is 5.60 Å². The second-order valence-electron chi connectivity index (χ2n) is 5.11. The van der Waals surface area contributed by atoms with Gasteiger partial charge in [0.05, 0.1) is 0 Å². The summed E-state index contributed by atoms with van der Waals surface area (Å²) in [4.78, 5) is 21.9. The normalized spacial score (nSPS) is 12.8. The van der Waals surface area contributed by atoms with Gasteiger partial charge in [-0.15, -0.1) is 0 Å². The van der Waals surface area contributed by atoms with Crippen molar-refractivity contribution >= 4 is 12.0 Å². The van der Waals surface area contributed by atoms with Gasteiger partial charge in [0.15, 0.2) is 0 Å². The van der Waals surface area contributed by atoms with Crippen LogP contribution in [0.4, 0.5) is 26.7 Å². The molecule has 0 fully saturated rings. The van der Waals surface area contributed by atoms with E-state index in [1.807, 2.05) is 0 Å². The summed E-state index contributed by atoms with van der Waals surface area (Å²) in [5.74, 6) is -7.86. The Morgan fingerprint density at radius 3 is 1.86 bits per heavy atom. The Morgan fingerprint density at radius 1 is 0.952 bits per heavy atom. The number of halogens is 5. The molecular weight excluding hydrogens is 303 g/mol. The van der Waals surface area contributed by atoms with Gasteiger partial charge in [-0.2, -0.15) is 22.0 Å². The second-order valence-corrected chi connectivity index (χ2v) is 5.11. The van der Waals surface area contributed by atoms with Gasteiger partial charge in [-0.05, 0) is 27.2 Å². The van der Waals surface area contributed by atoms with Crippen molar-refractivity contribution in [2.45, 2.75) is 44.9 Å². The number of hydrogen-bond acceptors (Lipinski definition) is 3. The van der Waals surface area contributed by atoms with Crippen LogP contribution in [0.15, 0.2) is 0 Å². The predicted molar refractivity (Wildman–Crippen MR) is 62.9 cm³/mol. The Hall–Kier alpha value is -1.61. The predicted octanol–water partition coefficient (Wildman–Crippen LogP) is 2.21. The number of hydrogen-bond donors (Lipinski definition) is 2. The molecule has 0 radical (unpaired) electrons. The number of carbonyl (C=O) groups excluding carboxylic acids is 2. The summed E-state index contributed by atoms with van der Waals surface area (Å²) in [6.07, 6.45) is -6.72. The van der Waals surface area contributed by atoms with E-state index >= 15 is 0 Å². The molecule has 0 aromatic heterocycles. The second kappa shape index (κ2) is 6.90. The van der Waals surface area contributed by atoms with Gasteiger partial charge in [0.2, 0.25) is 0 Å². The minimum absolute atomic E-state index is 0.0288. The molecule has 5 nitrogen and oxygen atoms in total. The molecule has 0 rings (SSSR count). The summed E-state index contributed by atoms with van der Waals surface area (Å²) in [7, 11) is 0. The molecule has 0 aliphatic heterocycles. The highest BCUT2D eigenvalue weighted by molar-refractivity contribution is 5.84. The SMILES string of the molecule is CC(C)(C)OC(=O)NCCCNC(=O)C(F)(F)C(F)(F)F. The minimum atomic E-state index is -5.94. The molecule has 0 aliphatic carbocycles. The fourth-order valence-corrected chi connectivity index (χ4v) is 1.03. The summed E-state index contributed by atoms with van der Waals surface area (Å²) in [6.45, 7) is 4.40. The maximum absolute atomic E-state index is 12.5. The van der Waals surface area contributed by atoms with Gasteiger partial charge in [-0.3, -0.25) is 4.79 Å². The van der Waals surface area contributed by atoms with Crippen molar-refractivity contribution in [3.05, 3.63) is 0 Å². The quantitative estimate of drug-likeness (QED) is 0.603. The summed E-state index contributed by atoms with van der Waals surface area (Å²) >= 11 is 0. The zero-order valence-corrected chi connectivity index (χ0v) is 11.7. The molecule has 0 heterocycles. The topological polar surface area (TPSA) is 67.4 Å². The van der Waals surface area contributed by atoms with Crippen molar-refractivity contribution in [2.75, 3.05) is 13.1 Å². The van der Waals surface area contributed by atoms with Crippen LogP contribution < -0.4 is 10.6 Å². The van der Waals surface area contributed by atoms with Crippen LogP contribution in [-0.4, -0.2) is 42.8 Å². The first kappa shape index (κ1) is 19.4. The van der Waals surface area contributed by atoms with Gasteiger partial charge in [-0.1, -0.05) is 0 Å². The van der Waals surface area contributed by atoms with Crippen LogP contribution >= 0.6 is 0 Å². The van der Waals surface area contributed by atoms with Crippen molar-refractivity contribution in [1.29, 1.82) is 0 Å². The van der Waals surface area contributed by atoms with E-state index in [9.17, 15) is 31.5 Å². The van der Waals surface area contributed by atoms with Crippen LogP contribution in [0.1, 0.15) is 27.2 Å². The molecule has 0 bridgehead atoms. The van der Waals surface area contributed by atoms with E-state index < -0.39 is 36.2 Å². The average molecular weight is 320 g/mol. The molecule has 2 amide bonds. The highest BCUT2D eigenvalue weighted by Gasteiger charge is 2.63. The van der Waals surface area contributed by atoms with Crippen LogP contribution in [-0.2, 0) is 9.53 Å². The summed E-state index contributed by atoms with van der Waals surface area (Å²) in [5, 5.41) is 3.71. The molecular formula is C11H17F5N2O3. The lowest BCUT2D eigenvalue weighted by Gasteiger charge is -2.20. The molecule has 21 heavy (non-hydrogen) atoms. The Labute approximate surface area is 118 Å². The van der Waals surface area contributed by atoms with Crippen LogP contribution in [0.25, 0.3) is 0 Å². The number of ether oxygens (including phenoxy) is 1. The zero-order valence-electron chi connectivity index (χ0n) is 11.7. The molecule has 0 aromatic carbocycles. The monoisotopic (exact) mass is 320 g/mol. The van der Waals surface area contributed by atoms with Crippen LogP contribution in [0, 0.1) is 0 Å². The highest BCUT2D eigenvalue weighted by atomic mass is 19.4. The first-order valence-corrected chi connectivity index (χ1v) is 5.97. The van der Waals surface area contributed by atoms with Crippen molar-refractivity contribution in [1.82, 2.24) is 10.6 Å². The van der Waals surface area contributed by atoms with E-state index in [0.717, 1.165) is 0 Å². The van der Waals surface area contributed by atoms with Crippen molar-refractivity contribution in [2.24, 2.45) is 0 Å². The van der Waals surface area contributed by atoms with Crippen LogP contribution in [0.2, 0.25) is 0 Å². The number of nitrogens with one attached hydrogen (secondary N) is 2. The maximum atomic E-state index is 12.5. The van der Waals surface area contributed by atoms with Gasteiger partial charge in [0.25, 0.3) is 5.91 Å². The molecule has 0 aromatic rings. The summed E-state index contributed by atoms with van der Waals surface area (Å²) in [6, 6.07) is 0. The van der Waals surface area contributed by atoms with Crippen LogP contribution in [0.5, 0.6) is 0 Å². The van der Waals surface area contributed by atoms with E-state index in [4.69, 9.17) is 4.74 Å². The molecule has 0 saturated carbocycles. The molecule has 2 N–H and O–H groups in total. The van der Waals surface area contributed by atoms with Crippen molar-refractivity contribution in [3.63, 3.8) is 0 Å². The number of alkyl carbamates (subject to hydrolysis) is 1. The number of rotatable bonds is 5. The Kier molecular flexibility index (Phi) is 6.37. The lowest BCUT2D eigenvalue weighted by molar-refractivity contribution is -0.269. The third kappa shape index (κ3) is 7.09. The molecule has 0 atom stereocenters. The van der Waals surface area contributed by atoms with Gasteiger partial charge < -0.3 is 15.4 Å². The molecule has 0 aliphatic rings. The largest absolute Gasteiger partial charge is 0.463 e. The van der Waals surface area contributed by atoms with Crippen molar-refractivity contribution < 1.29 is 36.3 Å². The standard InChI is InChI=1S/C11H17F5N2O3/c1-9(2,3)21-8(20)18-6-4-5-17-7(19)10(12,13)11(14,15)16/h4-6H2,1-3H3,(H,17,19)(H,18,20). The van der Waals surface area contributed by atoms with Gasteiger partial charge >= 0.3 is 18.2 Å². The highest BCUT2D eigenvalue weighted by Crippen LogP contribution is 2.35.